The lowest BCUT2D eigenvalue weighted by atomic mass is 9.78. The number of epoxide rings is 1. The van der Waals surface area contributed by atoms with Crippen LogP contribution < -0.4 is 0 Å². The van der Waals surface area contributed by atoms with E-state index in [4.69, 9.17) is 9.47 Å². The van der Waals surface area contributed by atoms with Crippen LogP contribution in [0.3, 0.4) is 0 Å². The second-order valence-electron chi connectivity index (χ2n) is 8.90. The first-order valence-electron chi connectivity index (χ1n) is 9.91. The summed E-state index contributed by atoms with van der Waals surface area (Å²) in [4.78, 5) is 11.8. The summed E-state index contributed by atoms with van der Waals surface area (Å²) < 4.78 is 11.8. The Kier molecular flexibility index (Phi) is 6.73. The van der Waals surface area contributed by atoms with Gasteiger partial charge in [-0.15, -0.1) is 0 Å². The Morgan fingerprint density at radius 2 is 1.85 bits per heavy atom. The van der Waals surface area contributed by atoms with E-state index in [2.05, 4.69) is 32.9 Å². The molecule has 2 aliphatic rings. The molecule has 148 valence electrons. The number of esters is 1. The number of hydrogen-bond donors (Lipinski definition) is 1. The molecule has 4 atom stereocenters. The maximum atomic E-state index is 11.8. The Labute approximate surface area is 158 Å². The van der Waals surface area contributed by atoms with Gasteiger partial charge < -0.3 is 14.6 Å². The highest BCUT2D eigenvalue weighted by atomic mass is 16.6. The molecule has 0 saturated carbocycles. The molecule has 1 N–H and O–H groups in total. The van der Waals surface area contributed by atoms with E-state index >= 15 is 0 Å². The summed E-state index contributed by atoms with van der Waals surface area (Å²) in [5.41, 5.74) is 1.51. The number of carbonyl (C=O) groups excluding carboxylic acids is 1. The zero-order chi connectivity index (χ0) is 19.5. The molecule has 0 aromatic carbocycles. The third kappa shape index (κ3) is 5.68. The van der Waals surface area contributed by atoms with E-state index in [9.17, 15) is 9.90 Å². The molecule has 2 rings (SSSR count). The van der Waals surface area contributed by atoms with Crippen LogP contribution in [0.25, 0.3) is 0 Å². The van der Waals surface area contributed by atoms with Crippen LogP contribution in [0.4, 0.5) is 0 Å². The van der Waals surface area contributed by atoms with Crippen molar-refractivity contribution in [1.82, 2.24) is 0 Å². The van der Waals surface area contributed by atoms with Gasteiger partial charge in [-0.25, -0.2) is 0 Å². The summed E-state index contributed by atoms with van der Waals surface area (Å²) in [6.07, 6.45) is 9.68. The second kappa shape index (κ2) is 8.26. The molecule has 0 amide bonds. The minimum atomic E-state index is -0.944. The summed E-state index contributed by atoms with van der Waals surface area (Å²) in [6.45, 7) is 11.5. The fourth-order valence-electron chi connectivity index (χ4n) is 4.08. The van der Waals surface area contributed by atoms with Crippen LogP contribution in [0.2, 0.25) is 0 Å². The summed E-state index contributed by atoms with van der Waals surface area (Å²) in [6, 6.07) is 0. The number of ether oxygens (including phenoxy) is 2. The highest BCUT2D eigenvalue weighted by Gasteiger charge is 2.60. The first-order chi connectivity index (χ1) is 12.0. The van der Waals surface area contributed by atoms with Gasteiger partial charge in [-0.2, -0.15) is 0 Å². The molecule has 4 nitrogen and oxygen atoms in total. The van der Waals surface area contributed by atoms with Crippen molar-refractivity contribution in [3.63, 3.8) is 0 Å². The first kappa shape index (κ1) is 21.2. The predicted molar refractivity (Wildman–Crippen MR) is 104 cm³/mol. The highest BCUT2D eigenvalue weighted by Crippen LogP contribution is 2.47. The van der Waals surface area contributed by atoms with Gasteiger partial charge in [-0.3, -0.25) is 4.79 Å². The van der Waals surface area contributed by atoms with Gasteiger partial charge in [-0.05, 0) is 73.1 Å². The minimum absolute atomic E-state index is 0.149. The molecule has 0 radical (unpaired) electrons. The van der Waals surface area contributed by atoms with Crippen LogP contribution in [0.15, 0.2) is 23.3 Å². The van der Waals surface area contributed by atoms with Crippen LogP contribution in [0.1, 0.15) is 80.1 Å². The monoisotopic (exact) mass is 364 g/mol. The van der Waals surface area contributed by atoms with Crippen LogP contribution >= 0.6 is 0 Å². The molecule has 1 saturated heterocycles. The van der Waals surface area contributed by atoms with E-state index in [1.807, 2.05) is 13.8 Å². The number of rotatable bonds is 2. The molecule has 0 aromatic heterocycles. The van der Waals surface area contributed by atoms with Gasteiger partial charge in [0.2, 0.25) is 0 Å². The number of hydrogen-bond acceptors (Lipinski definition) is 4. The van der Waals surface area contributed by atoms with Gasteiger partial charge in [0.15, 0.2) is 0 Å². The van der Waals surface area contributed by atoms with Crippen molar-refractivity contribution < 1.29 is 19.4 Å². The fraction of sp³-hybridized carbons (Fsp3) is 0.773. The van der Waals surface area contributed by atoms with Gasteiger partial charge in [0.25, 0.3) is 0 Å². The first-order valence-corrected chi connectivity index (χ1v) is 9.91. The Morgan fingerprint density at radius 3 is 2.46 bits per heavy atom. The van der Waals surface area contributed by atoms with E-state index in [0.717, 1.165) is 38.5 Å². The molecule has 1 aliphatic carbocycles. The molecule has 26 heavy (non-hydrogen) atoms. The Balaban J connectivity index is 2.29. The smallest absolute Gasteiger partial charge is 0.303 e. The molecule has 4 heteroatoms. The molecule has 0 bridgehead atoms. The number of aliphatic hydroxyl groups is 1. The van der Waals surface area contributed by atoms with Crippen molar-refractivity contribution >= 4 is 5.97 Å². The molecule has 1 aliphatic heterocycles. The van der Waals surface area contributed by atoms with Gasteiger partial charge in [0.1, 0.15) is 12.2 Å². The largest absolute Gasteiger partial charge is 0.459 e. The second-order valence-corrected chi connectivity index (χ2v) is 8.90. The van der Waals surface area contributed by atoms with Crippen LogP contribution in [-0.2, 0) is 14.3 Å². The van der Waals surface area contributed by atoms with Crippen molar-refractivity contribution in [3.8, 4) is 0 Å². The van der Waals surface area contributed by atoms with E-state index in [1.165, 1.54) is 18.1 Å². The van der Waals surface area contributed by atoms with Crippen molar-refractivity contribution in [2.45, 2.75) is 103 Å². The minimum Gasteiger partial charge on any atom is -0.459 e. The average Bonchev–Trinajstić information content (AvgIpc) is 3.15. The van der Waals surface area contributed by atoms with E-state index in [0.29, 0.717) is 0 Å². The molecule has 1 heterocycles. The van der Waals surface area contributed by atoms with Crippen molar-refractivity contribution in [2.24, 2.45) is 5.92 Å². The normalized spacial score (nSPS) is 38.0. The van der Waals surface area contributed by atoms with Gasteiger partial charge in [0, 0.05) is 12.8 Å². The standard InChI is InChI=1S/C22H36O4/c1-15-9-7-10-16(2)12-13-18(21(4,5)24)19(25-17(3)23)20-22(6,26-20)14-8-11-15/h10-11,18-20,24H,7-9,12-14H2,1-6H3/b15-11-,16-10+. The number of carbonyl (C=O) groups is 1. The maximum Gasteiger partial charge on any atom is 0.303 e. The van der Waals surface area contributed by atoms with Gasteiger partial charge in [-0.1, -0.05) is 23.3 Å². The third-order valence-corrected chi connectivity index (χ3v) is 5.86. The summed E-state index contributed by atoms with van der Waals surface area (Å²) in [5.74, 6) is -0.479. The van der Waals surface area contributed by atoms with Crippen LogP contribution in [-0.4, -0.2) is 34.5 Å². The lowest BCUT2D eigenvalue weighted by molar-refractivity contribution is -0.157. The summed E-state index contributed by atoms with van der Waals surface area (Å²) in [7, 11) is 0. The number of allylic oxidation sites excluding steroid dienone is 4. The zero-order valence-corrected chi connectivity index (χ0v) is 17.3. The Morgan fingerprint density at radius 1 is 1.23 bits per heavy atom. The summed E-state index contributed by atoms with van der Waals surface area (Å²) in [5, 5.41) is 10.8. The molecule has 1 fully saturated rings. The number of fused-ring (bicyclic) bond motifs is 1. The molecular formula is C22H36O4. The fourth-order valence-corrected chi connectivity index (χ4v) is 4.08. The van der Waals surface area contributed by atoms with Crippen molar-refractivity contribution in [1.29, 1.82) is 0 Å². The third-order valence-electron chi connectivity index (χ3n) is 5.86. The molecule has 0 aromatic rings. The lowest BCUT2D eigenvalue weighted by Gasteiger charge is -2.35. The van der Waals surface area contributed by atoms with Gasteiger partial charge in [0.05, 0.1) is 11.2 Å². The maximum absolute atomic E-state index is 11.8. The van der Waals surface area contributed by atoms with Crippen molar-refractivity contribution in [2.75, 3.05) is 0 Å². The van der Waals surface area contributed by atoms with E-state index in [-0.39, 0.29) is 23.6 Å². The highest BCUT2D eigenvalue weighted by molar-refractivity contribution is 5.66. The van der Waals surface area contributed by atoms with E-state index in [1.54, 1.807) is 0 Å². The lowest BCUT2D eigenvalue weighted by Crippen LogP contribution is -2.45. The zero-order valence-electron chi connectivity index (χ0n) is 17.3. The Bertz CT molecular complexity index is 569. The van der Waals surface area contributed by atoms with Crippen molar-refractivity contribution in [3.05, 3.63) is 23.3 Å². The van der Waals surface area contributed by atoms with Crippen LogP contribution in [0, 0.1) is 5.92 Å². The molecule has 4 unspecified atom stereocenters. The molecular weight excluding hydrogens is 328 g/mol. The molecule has 0 spiro atoms. The average molecular weight is 365 g/mol. The summed E-state index contributed by atoms with van der Waals surface area (Å²) >= 11 is 0. The van der Waals surface area contributed by atoms with E-state index < -0.39 is 11.7 Å². The topological polar surface area (TPSA) is 59.1 Å². The van der Waals surface area contributed by atoms with Crippen LogP contribution in [0.5, 0.6) is 0 Å². The Hall–Kier alpha value is -1.13. The SMILES string of the molecule is CC(=O)OC1C(C(C)(C)O)CC/C(C)=C/CC/C(C)=C\CCC2(C)OC12. The van der Waals surface area contributed by atoms with Gasteiger partial charge >= 0.3 is 5.97 Å². The predicted octanol–water partition coefficient (Wildman–Crippen LogP) is 4.71. The quantitative estimate of drug-likeness (QED) is 0.438.